The lowest BCUT2D eigenvalue weighted by atomic mass is 10.3. The Bertz CT molecular complexity index is 1040. The van der Waals surface area contributed by atoms with Crippen molar-refractivity contribution in [2.24, 2.45) is 7.05 Å². The second kappa shape index (κ2) is 10.4. The predicted octanol–water partition coefficient (Wildman–Crippen LogP) is 2.45. The summed E-state index contributed by atoms with van der Waals surface area (Å²) in [4.78, 5) is 24.3. The summed E-state index contributed by atoms with van der Waals surface area (Å²) in [5.74, 6) is -1.95. The minimum absolute atomic E-state index is 0.0182. The SMILES string of the molecule is CCN(CC)S(=O)(=O)c1cc(C(=O)OCC(=O)Nc2ccccc2OC(F)F)n(C)c1. The number of ether oxygens (including phenoxy) is 2. The highest BCUT2D eigenvalue weighted by atomic mass is 32.2. The second-order valence-electron chi connectivity index (χ2n) is 6.26. The minimum atomic E-state index is -3.77. The lowest BCUT2D eigenvalue weighted by Crippen LogP contribution is -2.30. The van der Waals surface area contributed by atoms with Gasteiger partial charge in [0, 0.05) is 26.3 Å². The Morgan fingerprint density at radius 2 is 1.84 bits per heavy atom. The van der Waals surface area contributed by atoms with Gasteiger partial charge in [-0.2, -0.15) is 13.1 Å². The van der Waals surface area contributed by atoms with Crippen LogP contribution in [0.4, 0.5) is 14.5 Å². The molecule has 31 heavy (non-hydrogen) atoms. The van der Waals surface area contributed by atoms with Crippen LogP contribution in [0.5, 0.6) is 5.75 Å². The lowest BCUT2D eigenvalue weighted by Gasteiger charge is -2.17. The number of anilines is 1. The van der Waals surface area contributed by atoms with Crippen molar-refractivity contribution in [1.82, 2.24) is 8.87 Å². The average Bonchev–Trinajstić information content (AvgIpc) is 3.10. The number of carbonyl (C=O) groups is 2. The fourth-order valence-corrected chi connectivity index (χ4v) is 4.28. The van der Waals surface area contributed by atoms with Crippen molar-refractivity contribution in [3.05, 3.63) is 42.2 Å². The molecule has 1 aromatic carbocycles. The Hall–Kier alpha value is -2.99. The molecule has 0 atom stereocenters. The first-order valence-electron chi connectivity index (χ1n) is 9.27. The summed E-state index contributed by atoms with van der Waals surface area (Å²) in [5, 5.41) is 2.31. The van der Waals surface area contributed by atoms with E-state index >= 15 is 0 Å². The molecule has 0 spiro atoms. The Kier molecular flexibility index (Phi) is 8.11. The molecule has 0 aliphatic carbocycles. The number of sulfonamides is 1. The summed E-state index contributed by atoms with van der Waals surface area (Å²) in [5.41, 5.74) is -0.0877. The van der Waals surface area contributed by atoms with Crippen molar-refractivity contribution in [3.63, 3.8) is 0 Å². The summed E-state index contributed by atoms with van der Waals surface area (Å²) in [6, 6.07) is 6.71. The number of hydrogen-bond acceptors (Lipinski definition) is 6. The number of hydrogen-bond donors (Lipinski definition) is 1. The molecule has 0 bridgehead atoms. The maximum atomic E-state index is 12.6. The number of para-hydroxylation sites is 2. The monoisotopic (exact) mass is 459 g/mol. The number of carbonyl (C=O) groups excluding carboxylic acids is 2. The van der Waals surface area contributed by atoms with Crippen LogP contribution in [0.3, 0.4) is 0 Å². The van der Waals surface area contributed by atoms with Crippen LogP contribution in [0.25, 0.3) is 0 Å². The number of alkyl halides is 2. The summed E-state index contributed by atoms with van der Waals surface area (Å²) in [6.07, 6.45) is 1.28. The quantitative estimate of drug-likeness (QED) is 0.547. The van der Waals surface area contributed by atoms with E-state index in [9.17, 15) is 26.8 Å². The number of nitrogens with zero attached hydrogens (tertiary/aromatic N) is 2. The molecule has 1 amide bonds. The van der Waals surface area contributed by atoms with Gasteiger partial charge in [0.25, 0.3) is 5.91 Å². The molecule has 12 heteroatoms. The molecule has 0 saturated carbocycles. The highest BCUT2D eigenvalue weighted by molar-refractivity contribution is 7.89. The maximum absolute atomic E-state index is 12.6. The lowest BCUT2D eigenvalue weighted by molar-refractivity contribution is -0.119. The zero-order valence-corrected chi connectivity index (χ0v) is 18.0. The summed E-state index contributed by atoms with van der Waals surface area (Å²) >= 11 is 0. The van der Waals surface area contributed by atoms with Crippen LogP contribution in [-0.2, 0) is 26.6 Å². The summed E-state index contributed by atoms with van der Waals surface area (Å²) in [6.45, 7) is 0.139. The topological polar surface area (TPSA) is 107 Å². The summed E-state index contributed by atoms with van der Waals surface area (Å²) in [7, 11) is -2.30. The van der Waals surface area contributed by atoms with Crippen LogP contribution in [-0.4, -0.2) is 55.5 Å². The van der Waals surface area contributed by atoms with Gasteiger partial charge in [-0.3, -0.25) is 4.79 Å². The second-order valence-corrected chi connectivity index (χ2v) is 8.20. The van der Waals surface area contributed by atoms with Crippen molar-refractivity contribution in [2.45, 2.75) is 25.4 Å². The molecule has 1 heterocycles. The van der Waals surface area contributed by atoms with Gasteiger partial charge in [0.05, 0.1) is 5.69 Å². The van der Waals surface area contributed by atoms with Crippen LogP contribution < -0.4 is 10.1 Å². The molecule has 0 fully saturated rings. The number of aryl methyl sites for hydroxylation is 1. The van der Waals surface area contributed by atoms with Gasteiger partial charge >= 0.3 is 12.6 Å². The van der Waals surface area contributed by atoms with Gasteiger partial charge in [-0.25, -0.2) is 13.2 Å². The van der Waals surface area contributed by atoms with Crippen LogP contribution >= 0.6 is 0 Å². The van der Waals surface area contributed by atoms with E-state index in [1.165, 1.54) is 52.4 Å². The van der Waals surface area contributed by atoms with E-state index in [2.05, 4.69) is 10.1 Å². The molecule has 170 valence electrons. The number of aromatic nitrogens is 1. The van der Waals surface area contributed by atoms with E-state index in [0.717, 1.165) is 0 Å². The molecule has 0 radical (unpaired) electrons. The van der Waals surface area contributed by atoms with E-state index in [0.29, 0.717) is 0 Å². The van der Waals surface area contributed by atoms with Crippen LogP contribution in [0, 0.1) is 0 Å². The highest BCUT2D eigenvalue weighted by Gasteiger charge is 2.26. The van der Waals surface area contributed by atoms with E-state index in [1.54, 1.807) is 13.8 Å². The van der Waals surface area contributed by atoms with Gasteiger partial charge in [-0.05, 0) is 18.2 Å². The number of nitrogens with one attached hydrogen (secondary N) is 1. The smallest absolute Gasteiger partial charge is 0.387 e. The molecule has 0 saturated heterocycles. The molecule has 2 rings (SSSR count). The third-order valence-corrected chi connectivity index (χ3v) is 6.26. The van der Waals surface area contributed by atoms with Gasteiger partial charge in [-0.1, -0.05) is 26.0 Å². The number of halogens is 2. The van der Waals surface area contributed by atoms with E-state index in [-0.39, 0.29) is 35.1 Å². The number of esters is 1. The van der Waals surface area contributed by atoms with Crippen molar-refractivity contribution in [1.29, 1.82) is 0 Å². The Morgan fingerprint density at radius 3 is 2.45 bits per heavy atom. The fourth-order valence-electron chi connectivity index (χ4n) is 2.75. The first-order chi connectivity index (χ1) is 14.6. The first kappa shape index (κ1) is 24.3. The van der Waals surface area contributed by atoms with Gasteiger partial charge in [-0.15, -0.1) is 0 Å². The van der Waals surface area contributed by atoms with E-state index in [4.69, 9.17) is 4.74 Å². The van der Waals surface area contributed by atoms with Gasteiger partial charge in [0.15, 0.2) is 6.61 Å². The number of benzene rings is 1. The molecular weight excluding hydrogens is 436 g/mol. The average molecular weight is 459 g/mol. The molecule has 0 aliphatic rings. The molecule has 0 aliphatic heterocycles. The largest absolute Gasteiger partial charge is 0.451 e. The van der Waals surface area contributed by atoms with Crippen LogP contribution in [0.15, 0.2) is 41.4 Å². The fraction of sp³-hybridized carbons (Fsp3) is 0.368. The van der Waals surface area contributed by atoms with Gasteiger partial charge in [0.2, 0.25) is 10.0 Å². The van der Waals surface area contributed by atoms with Gasteiger partial charge in [0.1, 0.15) is 16.3 Å². The highest BCUT2D eigenvalue weighted by Crippen LogP contribution is 2.25. The number of rotatable bonds is 10. The number of amides is 1. The van der Waals surface area contributed by atoms with Crippen molar-refractivity contribution in [3.8, 4) is 5.75 Å². The third kappa shape index (κ3) is 6.01. The minimum Gasteiger partial charge on any atom is -0.451 e. The molecule has 2 aromatic rings. The normalized spacial score (nSPS) is 11.6. The summed E-state index contributed by atoms with van der Waals surface area (Å²) < 4.78 is 61.8. The van der Waals surface area contributed by atoms with Crippen LogP contribution in [0.2, 0.25) is 0 Å². The predicted molar refractivity (Wildman–Crippen MR) is 108 cm³/mol. The Morgan fingerprint density at radius 1 is 1.19 bits per heavy atom. The zero-order valence-electron chi connectivity index (χ0n) is 17.2. The molecule has 1 aromatic heterocycles. The molecular formula is C19H23F2N3O6S. The molecule has 0 unspecified atom stereocenters. The van der Waals surface area contributed by atoms with Crippen molar-refractivity contribution >= 4 is 27.6 Å². The molecule has 1 N–H and O–H groups in total. The standard InChI is InChI=1S/C19H23F2N3O6S/c1-4-24(5-2)31(27,28)13-10-15(23(3)11-13)18(26)29-12-17(25)22-14-8-6-7-9-16(14)30-19(20)21/h6-11,19H,4-5,12H2,1-3H3,(H,22,25). The first-order valence-corrected chi connectivity index (χ1v) is 10.7. The van der Waals surface area contributed by atoms with Crippen LogP contribution in [0.1, 0.15) is 24.3 Å². The Balaban J connectivity index is 2.06. The zero-order chi connectivity index (χ0) is 23.2. The Labute approximate surface area is 178 Å². The van der Waals surface area contributed by atoms with Gasteiger partial charge < -0.3 is 19.4 Å². The molecule has 9 nitrogen and oxygen atoms in total. The van der Waals surface area contributed by atoms with E-state index < -0.39 is 35.1 Å². The van der Waals surface area contributed by atoms with E-state index in [1.807, 2.05) is 0 Å². The van der Waals surface area contributed by atoms with Crippen molar-refractivity contribution in [2.75, 3.05) is 25.0 Å². The maximum Gasteiger partial charge on any atom is 0.387 e. The van der Waals surface area contributed by atoms with Crippen molar-refractivity contribution < 1.29 is 36.3 Å². The third-order valence-electron chi connectivity index (χ3n) is 4.24.